The molecule has 0 amide bonds. The predicted molar refractivity (Wildman–Crippen MR) is 47.9 cm³/mol. The van der Waals surface area contributed by atoms with Crippen LogP contribution < -0.4 is 24.0 Å². The van der Waals surface area contributed by atoms with Crippen LogP contribution in [0.1, 0.15) is 25.7 Å². The summed E-state index contributed by atoms with van der Waals surface area (Å²) in [6, 6.07) is 0. The van der Waals surface area contributed by atoms with Gasteiger partial charge in [-0.25, -0.2) is 0 Å². The zero-order valence-electron chi connectivity index (χ0n) is 16.3. The number of ether oxygens (including phenoxy) is 1. The fraction of sp³-hybridized carbons (Fsp3) is 1.00. The van der Waals surface area contributed by atoms with E-state index in [2.05, 4.69) is 0 Å². The molecule has 80 valence electrons. The summed E-state index contributed by atoms with van der Waals surface area (Å²) in [5.41, 5.74) is 0. The summed E-state index contributed by atoms with van der Waals surface area (Å²) in [6.45, 7) is -9.03. The quantitative estimate of drug-likeness (QED) is 0.442. The zero-order valence-corrected chi connectivity index (χ0v) is 9.48. The molecule has 1 aliphatic rings. The van der Waals surface area contributed by atoms with E-state index in [-0.39, 0.29) is 30.4 Å². The van der Waals surface area contributed by atoms with Gasteiger partial charge < -0.3 is 38.3 Å². The molecule has 0 saturated carbocycles. The molecule has 0 aromatic rings. The van der Waals surface area contributed by atoms with Crippen molar-refractivity contribution in [2.24, 2.45) is 0 Å². The highest BCUT2D eigenvalue weighted by Crippen LogP contribution is 2.21. The summed E-state index contributed by atoms with van der Waals surface area (Å²) in [5.74, 6) is 0. The first-order valence-electron chi connectivity index (χ1n) is 8.35. The molecular formula is C9H20INO2. The lowest BCUT2D eigenvalue weighted by Crippen LogP contribution is -3.00. The van der Waals surface area contributed by atoms with E-state index in [9.17, 15) is 5.11 Å². The second-order valence-corrected chi connectivity index (χ2v) is 3.26. The minimum Gasteiger partial charge on any atom is -1.00 e. The molecule has 0 aliphatic carbocycles. The Hall–Kier alpha value is 0.610. The molecule has 1 aliphatic heterocycles. The molecule has 3 nitrogen and oxygen atoms in total. The van der Waals surface area contributed by atoms with Gasteiger partial charge in [-0.2, -0.15) is 0 Å². The van der Waals surface area contributed by atoms with E-state index in [1.165, 1.54) is 0 Å². The Bertz CT molecular complexity index is 335. The van der Waals surface area contributed by atoms with Crippen molar-refractivity contribution in [3.05, 3.63) is 0 Å². The van der Waals surface area contributed by atoms with Gasteiger partial charge in [-0.05, 0) is 6.92 Å². The molecule has 0 aromatic carbocycles. The van der Waals surface area contributed by atoms with Crippen LogP contribution in [0.5, 0.6) is 0 Å². The van der Waals surface area contributed by atoms with Gasteiger partial charge in [0, 0.05) is 6.42 Å². The average molecular weight is 310 g/mol. The number of hydrogen-bond donors (Lipinski definition) is 1. The molecule has 0 spiro atoms. The Balaban J connectivity index is 0.00000441. The topological polar surface area (TPSA) is 29.5 Å². The van der Waals surface area contributed by atoms with Gasteiger partial charge in [-0.15, -0.1) is 0 Å². The highest BCUT2D eigenvalue weighted by Gasteiger charge is 2.33. The first kappa shape index (κ1) is 4.63. The number of nitrogens with zero attached hydrogens (tertiary/aromatic N) is 1. The third-order valence-corrected chi connectivity index (χ3v) is 1.93. The summed E-state index contributed by atoms with van der Waals surface area (Å²) < 4.78 is 70.6. The van der Waals surface area contributed by atoms with Crippen LogP contribution in [-0.2, 0) is 4.74 Å². The van der Waals surface area contributed by atoms with Crippen LogP contribution >= 0.6 is 0 Å². The lowest BCUT2D eigenvalue weighted by Gasteiger charge is -2.26. The van der Waals surface area contributed by atoms with Gasteiger partial charge in [-0.1, -0.05) is 0 Å². The third kappa shape index (κ3) is 4.58. The van der Waals surface area contributed by atoms with Gasteiger partial charge >= 0.3 is 0 Å². The molecule has 0 aromatic heterocycles. The van der Waals surface area contributed by atoms with Gasteiger partial charge in [-0.3, -0.25) is 0 Å². The Morgan fingerprint density at radius 2 is 2.15 bits per heavy atom. The van der Waals surface area contributed by atoms with Crippen molar-refractivity contribution in [3.8, 4) is 0 Å². The molecule has 13 heavy (non-hydrogen) atoms. The standard InChI is InChI=1S/C9H20NO2.HI/c1-7-9(11)5-8(12-7)6-10(2,3)4;/h7-9,11H,5-6H2,1-4H3;1H/q+1;/p-1/t7-,8-,9+;/m0./s1/i2D3,3D3,4D3;. The molecule has 1 saturated heterocycles. The van der Waals surface area contributed by atoms with Crippen LogP contribution in [-0.4, -0.2) is 55.4 Å². The minimum atomic E-state index is -3.28. The molecule has 1 fully saturated rings. The minimum absolute atomic E-state index is 0. The van der Waals surface area contributed by atoms with Crippen LogP contribution in [0, 0.1) is 0 Å². The molecule has 1 N–H and O–H groups in total. The third-order valence-electron chi connectivity index (χ3n) is 1.93. The van der Waals surface area contributed by atoms with Crippen molar-refractivity contribution in [1.29, 1.82) is 0 Å². The van der Waals surface area contributed by atoms with E-state index in [0.29, 0.717) is 0 Å². The molecule has 3 atom stereocenters. The van der Waals surface area contributed by atoms with Crippen LogP contribution in [0.2, 0.25) is 0 Å². The van der Waals surface area contributed by atoms with Gasteiger partial charge in [0.15, 0.2) is 0 Å². The normalized spacial score (nSPS) is 47.5. The summed E-state index contributed by atoms with van der Waals surface area (Å²) in [7, 11) is 0. The number of hydrogen-bond acceptors (Lipinski definition) is 2. The van der Waals surface area contributed by atoms with Crippen molar-refractivity contribution < 1.29 is 50.6 Å². The Morgan fingerprint density at radius 1 is 1.54 bits per heavy atom. The molecular weight excluding hydrogens is 281 g/mol. The lowest BCUT2D eigenvalue weighted by atomic mass is 10.1. The monoisotopic (exact) mass is 310 g/mol. The van der Waals surface area contributed by atoms with Crippen molar-refractivity contribution >= 4 is 0 Å². The zero-order chi connectivity index (χ0) is 16.9. The number of rotatable bonds is 2. The van der Waals surface area contributed by atoms with Gasteiger partial charge in [0.1, 0.15) is 12.6 Å². The maximum Gasteiger partial charge on any atom is 0.109 e. The van der Waals surface area contributed by atoms with Crippen molar-refractivity contribution in [3.63, 3.8) is 0 Å². The average Bonchev–Trinajstić information content (AvgIpc) is 2.49. The van der Waals surface area contributed by atoms with Crippen molar-refractivity contribution in [1.82, 2.24) is 0 Å². The van der Waals surface area contributed by atoms with Crippen molar-refractivity contribution in [2.75, 3.05) is 27.5 Å². The highest BCUT2D eigenvalue weighted by molar-refractivity contribution is 4.78. The highest BCUT2D eigenvalue weighted by atomic mass is 127. The summed E-state index contributed by atoms with van der Waals surface area (Å²) in [6.07, 6.45) is -2.41. The maximum atomic E-state index is 9.62. The lowest BCUT2D eigenvalue weighted by molar-refractivity contribution is -0.873. The second kappa shape index (κ2) is 4.91. The smallest absolute Gasteiger partial charge is 0.109 e. The molecule has 0 bridgehead atoms. The van der Waals surface area contributed by atoms with E-state index in [1.807, 2.05) is 0 Å². The van der Waals surface area contributed by atoms with Crippen molar-refractivity contribution in [2.45, 2.75) is 31.7 Å². The number of likely N-dealkylation sites (N-methyl/N-ethyl adjacent to an activating group) is 1. The van der Waals surface area contributed by atoms with E-state index < -0.39 is 50.3 Å². The predicted octanol–water partition coefficient (Wildman–Crippen LogP) is -2.77. The first-order chi connectivity index (χ1) is 9.13. The van der Waals surface area contributed by atoms with Crippen LogP contribution in [0.4, 0.5) is 0 Å². The second-order valence-electron chi connectivity index (χ2n) is 3.26. The molecule has 0 unspecified atom stereocenters. The summed E-state index contributed by atoms with van der Waals surface area (Å²) in [4.78, 5) is 0. The Kier molecular flexibility index (Phi) is 1.75. The van der Waals surface area contributed by atoms with Crippen LogP contribution in [0.25, 0.3) is 0 Å². The Labute approximate surface area is 110 Å². The van der Waals surface area contributed by atoms with E-state index >= 15 is 0 Å². The number of quaternary nitrogens is 1. The summed E-state index contributed by atoms with van der Waals surface area (Å²) >= 11 is 0. The Morgan fingerprint density at radius 3 is 2.54 bits per heavy atom. The number of aliphatic hydroxyl groups is 1. The van der Waals surface area contributed by atoms with Gasteiger partial charge in [0.25, 0.3) is 0 Å². The van der Waals surface area contributed by atoms with E-state index in [4.69, 9.17) is 17.1 Å². The van der Waals surface area contributed by atoms with Crippen LogP contribution in [0.15, 0.2) is 0 Å². The fourth-order valence-electron chi connectivity index (χ4n) is 1.33. The molecule has 1 heterocycles. The molecule has 4 heteroatoms. The maximum absolute atomic E-state index is 9.62. The first-order valence-corrected chi connectivity index (χ1v) is 3.85. The SMILES string of the molecule is [2H]C([2H])([2H])[N+](C[C@@H]1C[C@@H](O)[C@H](C)O1)(C([2H])([2H])[2H])C([2H])([2H])[2H].[I-]. The van der Waals surface area contributed by atoms with E-state index in [1.54, 1.807) is 6.92 Å². The number of aliphatic hydroxyl groups excluding tert-OH is 1. The summed E-state index contributed by atoms with van der Waals surface area (Å²) in [5, 5.41) is 9.62. The van der Waals surface area contributed by atoms with Gasteiger partial charge in [0.2, 0.25) is 0 Å². The van der Waals surface area contributed by atoms with E-state index in [0.717, 1.165) is 0 Å². The number of halogens is 1. The van der Waals surface area contributed by atoms with Crippen LogP contribution in [0.3, 0.4) is 0 Å². The largest absolute Gasteiger partial charge is 1.00 e. The molecule has 0 radical (unpaired) electrons. The molecule has 1 rings (SSSR count). The fourth-order valence-corrected chi connectivity index (χ4v) is 1.33. The van der Waals surface area contributed by atoms with Gasteiger partial charge in [0.05, 0.1) is 45.5 Å².